The van der Waals surface area contributed by atoms with Crippen molar-refractivity contribution in [1.82, 2.24) is 14.8 Å². The van der Waals surface area contributed by atoms with Crippen LogP contribution in [0.2, 0.25) is 0 Å². The molecule has 0 unspecified atom stereocenters. The fraction of sp³-hybridized carbons (Fsp3) is 0.308. The molecule has 1 aromatic heterocycles. The number of amides is 1. The lowest BCUT2D eigenvalue weighted by Crippen LogP contribution is -2.13. The SMILES string of the molecule is COc1ccc(N)cc1NC(=O)CCSc1nncn1C. The van der Waals surface area contributed by atoms with E-state index in [1.165, 1.54) is 11.8 Å². The van der Waals surface area contributed by atoms with Crippen molar-refractivity contribution < 1.29 is 9.53 Å². The van der Waals surface area contributed by atoms with Crippen LogP contribution in [0.25, 0.3) is 0 Å². The summed E-state index contributed by atoms with van der Waals surface area (Å²) in [5, 5.41) is 11.3. The predicted molar refractivity (Wildman–Crippen MR) is 82.4 cm³/mol. The number of anilines is 2. The first-order chi connectivity index (χ1) is 10.1. The molecule has 21 heavy (non-hydrogen) atoms. The Kier molecular flexibility index (Phi) is 5.04. The normalized spacial score (nSPS) is 10.4. The van der Waals surface area contributed by atoms with E-state index in [-0.39, 0.29) is 5.91 Å². The number of benzene rings is 1. The minimum Gasteiger partial charge on any atom is -0.495 e. The van der Waals surface area contributed by atoms with Gasteiger partial charge in [-0.3, -0.25) is 4.79 Å². The molecule has 1 amide bonds. The Labute approximate surface area is 126 Å². The highest BCUT2D eigenvalue weighted by molar-refractivity contribution is 7.99. The Bertz CT molecular complexity index is 629. The van der Waals surface area contributed by atoms with Gasteiger partial charge in [0.25, 0.3) is 0 Å². The van der Waals surface area contributed by atoms with Gasteiger partial charge in [-0.2, -0.15) is 0 Å². The van der Waals surface area contributed by atoms with Crippen LogP contribution in [0, 0.1) is 0 Å². The number of hydrogen-bond donors (Lipinski definition) is 2. The van der Waals surface area contributed by atoms with Gasteiger partial charge in [-0.25, -0.2) is 0 Å². The van der Waals surface area contributed by atoms with E-state index >= 15 is 0 Å². The number of aryl methyl sites for hydroxylation is 1. The van der Waals surface area contributed by atoms with Crippen molar-refractivity contribution in [2.45, 2.75) is 11.6 Å². The Morgan fingerprint density at radius 1 is 1.52 bits per heavy atom. The zero-order valence-corrected chi connectivity index (χ0v) is 12.7. The summed E-state index contributed by atoms with van der Waals surface area (Å²) in [6, 6.07) is 5.12. The second kappa shape index (κ2) is 6.98. The molecule has 0 bridgehead atoms. The zero-order valence-electron chi connectivity index (χ0n) is 11.9. The monoisotopic (exact) mass is 307 g/mol. The summed E-state index contributed by atoms with van der Waals surface area (Å²) < 4.78 is 6.99. The van der Waals surface area contributed by atoms with E-state index in [2.05, 4.69) is 15.5 Å². The molecular formula is C13H17N5O2S. The Morgan fingerprint density at radius 3 is 3.00 bits per heavy atom. The lowest BCUT2D eigenvalue weighted by atomic mass is 10.2. The lowest BCUT2D eigenvalue weighted by molar-refractivity contribution is -0.115. The Morgan fingerprint density at radius 2 is 2.33 bits per heavy atom. The van der Waals surface area contributed by atoms with Crippen LogP contribution in [0.5, 0.6) is 5.75 Å². The van der Waals surface area contributed by atoms with E-state index in [1.54, 1.807) is 31.6 Å². The number of rotatable bonds is 6. The minimum absolute atomic E-state index is 0.103. The van der Waals surface area contributed by atoms with Gasteiger partial charge in [0.15, 0.2) is 5.16 Å². The van der Waals surface area contributed by atoms with Crippen LogP contribution in [0.4, 0.5) is 11.4 Å². The summed E-state index contributed by atoms with van der Waals surface area (Å²) in [5.41, 5.74) is 6.85. The van der Waals surface area contributed by atoms with Crippen molar-refractivity contribution in [3.8, 4) is 5.75 Å². The molecule has 0 aliphatic carbocycles. The summed E-state index contributed by atoms with van der Waals surface area (Å²) in [7, 11) is 3.41. The van der Waals surface area contributed by atoms with E-state index in [9.17, 15) is 4.79 Å². The summed E-state index contributed by atoms with van der Waals surface area (Å²) >= 11 is 1.48. The van der Waals surface area contributed by atoms with Gasteiger partial charge >= 0.3 is 0 Å². The molecule has 112 valence electrons. The average molecular weight is 307 g/mol. The van der Waals surface area contributed by atoms with E-state index in [1.807, 2.05) is 11.6 Å². The number of methoxy groups -OCH3 is 1. The van der Waals surface area contributed by atoms with Gasteiger partial charge in [0.2, 0.25) is 5.91 Å². The number of nitrogens with zero attached hydrogens (tertiary/aromatic N) is 3. The maximum Gasteiger partial charge on any atom is 0.225 e. The van der Waals surface area contributed by atoms with Crippen LogP contribution in [-0.4, -0.2) is 33.5 Å². The molecule has 0 aliphatic rings. The minimum atomic E-state index is -0.103. The standard InChI is InChI=1S/C13H17N5O2S/c1-18-8-15-17-13(18)21-6-5-12(19)16-10-7-9(14)3-4-11(10)20-2/h3-4,7-8H,5-6,14H2,1-2H3,(H,16,19). The highest BCUT2D eigenvalue weighted by Crippen LogP contribution is 2.26. The van der Waals surface area contributed by atoms with Gasteiger partial charge in [-0.05, 0) is 18.2 Å². The third-order valence-corrected chi connectivity index (χ3v) is 3.76. The fourth-order valence-electron chi connectivity index (χ4n) is 1.67. The van der Waals surface area contributed by atoms with Gasteiger partial charge in [0.05, 0.1) is 12.8 Å². The number of nitrogen functional groups attached to an aromatic ring is 1. The molecule has 7 nitrogen and oxygen atoms in total. The second-order valence-corrected chi connectivity index (χ2v) is 5.39. The molecular weight excluding hydrogens is 290 g/mol. The molecule has 0 saturated heterocycles. The number of carbonyl (C=O) groups excluding carboxylic acids is 1. The Balaban J connectivity index is 1.87. The maximum absolute atomic E-state index is 11.9. The van der Waals surface area contributed by atoms with E-state index in [0.29, 0.717) is 29.3 Å². The topological polar surface area (TPSA) is 95.1 Å². The van der Waals surface area contributed by atoms with Gasteiger partial charge < -0.3 is 20.4 Å². The largest absolute Gasteiger partial charge is 0.495 e. The van der Waals surface area contributed by atoms with Gasteiger partial charge in [-0.1, -0.05) is 11.8 Å². The number of hydrogen-bond acceptors (Lipinski definition) is 6. The highest BCUT2D eigenvalue weighted by atomic mass is 32.2. The van der Waals surface area contributed by atoms with Gasteiger partial charge in [0, 0.05) is 24.9 Å². The van der Waals surface area contributed by atoms with E-state index < -0.39 is 0 Å². The number of nitrogens with one attached hydrogen (secondary N) is 1. The lowest BCUT2D eigenvalue weighted by Gasteiger charge is -2.10. The summed E-state index contributed by atoms with van der Waals surface area (Å²) in [6.07, 6.45) is 1.98. The predicted octanol–water partition coefficient (Wildman–Crippen LogP) is 1.53. The maximum atomic E-state index is 11.9. The molecule has 2 rings (SSSR count). The second-order valence-electron chi connectivity index (χ2n) is 4.33. The Hall–Kier alpha value is -2.22. The van der Waals surface area contributed by atoms with Crippen LogP contribution >= 0.6 is 11.8 Å². The van der Waals surface area contributed by atoms with Crippen LogP contribution in [0.3, 0.4) is 0 Å². The van der Waals surface area contributed by atoms with Crippen LogP contribution in [0.1, 0.15) is 6.42 Å². The molecule has 0 fully saturated rings. The quantitative estimate of drug-likeness (QED) is 0.621. The molecule has 0 aliphatic heterocycles. The zero-order chi connectivity index (χ0) is 15.2. The molecule has 3 N–H and O–H groups in total. The molecule has 8 heteroatoms. The van der Waals surface area contributed by atoms with Gasteiger partial charge in [-0.15, -0.1) is 10.2 Å². The van der Waals surface area contributed by atoms with Crippen molar-refractivity contribution in [2.75, 3.05) is 23.9 Å². The highest BCUT2D eigenvalue weighted by Gasteiger charge is 2.09. The van der Waals surface area contributed by atoms with Crippen LogP contribution in [-0.2, 0) is 11.8 Å². The van der Waals surface area contributed by atoms with Crippen LogP contribution < -0.4 is 15.8 Å². The molecule has 1 aromatic carbocycles. The fourth-order valence-corrected chi connectivity index (χ4v) is 2.50. The molecule has 0 atom stereocenters. The number of aromatic nitrogens is 3. The first-order valence-corrected chi connectivity index (χ1v) is 7.29. The number of thioether (sulfide) groups is 1. The van der Waals surface area contributed by atoms with Crippen molar-refractivity contribution >= 4 is 29.0 Å². The summed E-state index contributed by atoms with van der Waals surface area (Å²) in [6.45, 7) is 0. The number of carbonyl (C=O) groups is 1. The number of nitrogens with two attached hydrogens (primary N) is 1. The van der Waals surface area contributed by atoms with Crippen molar-refractivity contribution in [3.63, 3.8) is 0 Å². The summed E-state index contributed by atoms with van der Waals surface area (Å²) in [5.74, 6) is 1.09. The molecule has 2 aromatic rings. The van der Waals surface area contributed by atoms with Gasteiger partial charge in [0.1, 0.15) is 12.1 Å². The first-order valence-electron chi connectivity index (χ1n) is 6.30. The molecule has 0 radical (unpaired) electrons. The first kappa shape index (κ1) is 15.2. The third-order valence-electron chi connectivity index (χ3n) is 2.73. The van der Waals surface area contributed by atoms with E-state index in [0.717, 1.165) is 5.16 Å². The van der Waals surface area contributed by atoms with E-state index in [4.69, 9.17) is 10.5 Å². The summed E-state index contributed by atoms with van der Waals surface area (Å²) in [4.78, 5) is 11.9. The number of ether oxygens (including phenoxy) is 1. The molecule has 0 saturated carbocycles. The third kappa shape index (κ3) is 4.12. The smallest absolute Gasteiger partial charge is 0.225 e. The van der Waals surface area contributed by atoms with Crippen molar-refractivity contribution in [3.05, 3.63) is 24.5 Å². The molecule has 0 spiro atoms. The van der Waals surface area contributed by atoms with Crippen molar-refractivity contribution in [2.24, 2.45) is 7.05 Å². The van der Waals surface area contributed by atoms with Crippen LogP contribution in [0.15, 0.2) is 29.7 Å². The van der Waals surface area contributed by atoms with Crippen molar-refractivity contribution in [1.29, 1.82) is 0 Å². The molecule has 1 heterocycles. The average Bonchev–Trinajstić information content (AvgIpc) is 2.85.